The molecule has 0 radical (unpaired) electrons. The number of hydrogen-bond donors (Lipinski definition) is 1. The standard InChI is InChI=1S/C18H15N5O/c1-11-6-7-12-10-13-16(21-18(24)14-5-3-4-8-19-14)22-23(2)17(13)20-15(12)9-11/h3-10H,1-2H3,(H,21,22,24). The van der Waals surface area contributed by atoms with Gasteiger partial charge in [0.05, 0.1) is 10.9 Å². The monoisotopic (exact) mass is 317 g/mol. The second kappa shape index (κ2) is 5.42. The minimum absolute atomic E-state index is 0.292. The van der Waals surface area contributed by atoms with E-state index in [1.165, 1.54) is 0 Å². The summed E-state index contributed by atoms with van der Waals surface area (Å²) in [5.74, 6) is 0.192. The first kappa shape index (κ1) is 14.3. The summed E-state index contributed by atoms with van der Waals surface area (Å²) < 4.78 is 1.67. The summed E-state index contributed by atoms with van der Waals surface area (Å²) in [7, 11) is 1.81. The van der Waals surface area contributed by atoms with Crippen molar-refractivity contribution in [3.63, 3.8) is 0 Å². The highest BCUT2D eigenvalue weighted by molar-refractivity contribution is 6.07. The van der Waals surface area contributed by atoms with Crippen LogP contribution < -0.4 is 5.32 Å². The first-order chi connectivity index (χ1) is 11.6. The number of pyridine rings is 2. The molecule has 24 heavy (non-hydrogen) atoms. The zero-order valence-corrected chi connectivity index (χ0v) is 13.3. The molecule has 118 valence electrons. The molecule has 0 saturated carbocycles. The third kappa shape index (κ3) is 2.38. The molecule has 4 aromatic rings. The Balaban J connectivity index is 1.81. The minimum Gasteiger partial charge on any atom is -0.303 e. The van der Waals surface area contributed by atoms with E-state index in [1.807, 2.05) is 38.2 Å². The molecule has 3 aromatic heterocycles. The van der Waals surface area contributed by atoms with Gasteiger partial charge in [-0.2, -0.15) is 5.10 Å². The molecule has 0 saturated heterocycles. The maximum Gasteiger partial charge on any atom is 0.275 e. The van der Waals surface area contributed by atoms with Gasteiger partial charge in [-0.1, -0.05) is 18.2 Å². The smallest absolute Gasteiger partial charge is 0.275 e. The van der Waals surface area contributed by atoms with Crippen LogP contribution in [-0.2, 0) is 7.05 Å². The largest absolute Gasteiger partial charge is 0.303 e. The van der Waals surface area contributed by atoms with E-state index in [0.29, 0.717) is 11.5 Å². The summed E-state index contributed by atoms with van der Waals surface area (Å²) in [4.78, 5) is 21.1. The summed E-state index contributed by atoms with van der Waals surface area (Å²) in [6, 6.07) is 13.3. The van der Waals surface area contributed by atoms with E-state index in [2.05, 4.69) is 20.4 Å². The lowest BCUT2D eigenvalue weighted by atomic mass is 10.1. The van der Waals surface area contributed by atoms with Gasteiger partial charge in [0.1, 0.15) is 5.69 Å². The number of benzene rings is 1. The van der Waals surface area contributed by atoms with E-state index < -0.39 is 0 Å². The number of carbonyl (C=O) groups excluding carboxylic acids is 1. The van der Waals surface area contributed by atoms with E-state index in [-0.39, 0.29) is 5.91 Å². The van der Waals surface area contributed by atoms with E-state index in [1.54, 1.807) is 29.1 Å². The average Bonchev–Trinajstić information content (AvgIpc) is 2.89. The normalized spacial score (nSPS) is 11.1. The van der Waals surface area contributed by atoms with Gasteiger partial charge in [0.25, 0.3) is 5.91 Å². The Morgan fingerprint density at radius 3 is 2.83 bits per heavy atom. The maximum absolute atomic E-state index is 12.3. The van der Waals surface area contributed by atoms with Crippen LogP contribution in [0.5, 0.6) is 0 Å². The molecule has 1 aromatic carbocycles. The zero-order valence-electron chi connectivity index (χ0n) is 13.3. The molecule has 1 amide bonds. The highest BCUT2D eigenvalue weighted by atomic mass is 16.2. The van der Waals surface area contributed by atoms with E-state index in [0.717, 1.165) is 27.5 Å². The number of aromatic nitrogens is 4. The van der Waals surface area contributed by atoms with Crippen molar-refractivity contribution in [3.05, 3.63) is 59.9 Å². The number of hydrogen-bond acceptors (Lipinski definition) is 4. The number of amides is 1. The van der Waals surface area contributed by atoms with Crippen molar-refractivity contribution in [1.29, 1.82) is 0 Å². The predicted octanol–water partition coefficient (Wildman–Crippen LogP) is 3.08. The highest BCUT2D eigenvalue weighted by Crippen LogP contribution is 2.26. The summed E-state index contributed by atoms with van der Waals surface area (Å²) >= 11 is 0. The molecule has 6 nitrogen and oxygen atoms in total. The lowest BCUT2D eigenvalue weighted by Crippen LogP contribution is -2.14. The lowest BCUT2D eigenvalue weighted by Gasteiger charge is -2.03. The Hall–Kier alpha value is -3.28. The summed E-state index contributed by atoms with van der Waals surface area (Å²) in [6.45, 7) is 2.03. The topological polar surface area (TPSA) is 72.7 Å². The van der Waals surface area contributed by atoms with Crippen LogP contribution in [0.25, 0.3) is 21.9 Å². The average molecular weight is 317 g/mol. The minimum atomic E-state index is -0.292. The fraction of sp³-hybridized carbons (Fsp3) is 0.111. The van der Waals surface area contributed by atoms with Crippen molar-refractivity contribution in [3.8, 4) is 0 Å². The molecule has 3 heterocycles. The lowest BCUT2D eigenvalue weighted by molar-refractivity contribution is 0.102. The van der Waals surface area contributed by atoms with E-state index in [9.17, 15) is 4.79 Å². The van der Waals surface area contributed by atoms with Gasteiger partial charge in [-0.3, -0.25) is 9.78 Å². The molecule has 0 bridgehead atoms. The van der Waals surface area contributed by atoms with Gasteiger partial charge in [-0.15, -0.1) is 0 Å². The fourth-order valence-electron chi connectivity index (χ4n) is 2.70. The van der Waals surface area contributed by atoms with Crippen LogP contribution in [0.1, 0.15) is 16.1 Å². The summed E-state index contributed by atoms with van der Waals surface area (Å²) in [6.07, 6.45) is 1.59. The summed E-state index contributed by atoms with van der Waals surface area (Å²) in [5.41, 5.74) is 3.14. The van der Waals surface area contributed by atoms with Gasteiger partial charge >= 0.3 is 0 Å². The third-order valence-electron chi connectivity index (χ3n) is 3.89. The molecule has 0 aliphatic heterocycles. The van der Waals surface area contributed by atoms with Crippen LogP contribution >= 0.6 is 0 Å². The van der Waals surface area contributed by atoms with Crippen molar-refractivity contribution in [2.45, 2.75) is 6.92 Å². The Kier molecular flexibility index (Phi) is 3.23. The van der Waals surface area contributed by atoms with Gasteiger partial charge in [0.2, 0.25) is 0 Å². The first-order valence-electron chi connectivity index (χ1n) is 7.58. The van der Waals surface area contributed by atoms with Crippen LogP contribution in [0.2, 0.25) is 0 Å². The number of fused-ring (bicyclic) bond motifs is 2. The van der Waals surface area contributed by atoms with Crippen LogP contribution in [0, 0.1) is 6.92 Å². The Morgan fingerprint density at radius 2 is 2.04 bits per heavy atom. The second-order valence-corrected chi connectivity index (χ2v) is 5.70. The van der Waals surface area contributed by atoms with Crippen LogP contribution in [0.15, 0.2) is 48.7 Å². The quantitative estimate of drug-likeness (QED) is 0.616. The van der Waals surface area contributed by atoms with Gasteiger partial charge in [0, 0.05) is 18.6 Å². The summed E-state index contributed by atoms with van der Waals surface area (Å²) in [5, 5.41) is 9.03. The van der Waals surface area contributed by atoms with Crippen molar-refractivity contribution in [2.24, 2.45) is 7.05 Å². The van der Waals surface area contributed by atoms with Crippen LogP contribution in [0.3, 0.4) is 0 Å². The number of carbonyl (C=O) groups is 1. The molecule has 0 aliphatic rings. The van der Waals surface area contributed by atoms with Crippen molar-refractivity contribution in [1.82, 2.24) is 19.7 Å². The number of rotatable bonds is 2. The third-order valence-corrected chi connectivity index (χ3v) is 3.89. The molecule has 0 atom stereocenters. The zero-order chi connectivity index (χ0) is 16.7. The Labute approximate surface area is 138 Å². The van der Waals surface area contributed by atoms with E-state index in [4.69, 9.17) is 0 Å². The number of anilines is 1. The number of nitrogens with one attached hydrogen (secondary N) is 1. The first-order valence-corrected chi connectivity index (χ1v) is 7.58. The predicted molar refractivity (Wildman–Crippen MR) is 92.9 cm³/mol. The van der Waals surface area contributed by atoms with Crippen molar-refractivity contribution in [2.75, 3.05) is 5.32 Å². The van der Waals surface area contributed by atoms with Gasteiger partial charge in [-0.05, 0) is 36.8 Å². The molecule has 0 fully saturated rings. The molecule has 0 unspecified atom stereocenters. The van der Waals surface area contributed by atoms with Crippen LogP contribution in [-0.4, -0.2) is 25.7 Å². The van der Waals surface area contributed by atoms with Crippen LogP contribution in [0.4, 0.5) is 5.82 Å². The molecule has 0 spiro atoms. The molecular formula is C18H15N5O. The fourth-order valence-corrected chi connectivity index (χ4v) is 2.70. The Morgan fingerprint density at radius 1 is 1.17 bits per heavy atom. The molecule has 0 aliphatic carbocycles. The molecule has 4 rings (SSSR count). The maximum atomic E-state index is 12.3. The number of aryl methyl sites for hydroxylation is 2. The van der Waals surface area contributed by atoms with Crippen molar-refractivity contribution >= 4 is 33.7 Å². The highest BCUT2D eigenvalue weighted by Gasteiger charge is 2.15. The van der Waals surface area contributed by atoms with Crippen molar-refractivity contribution < 1.29 is 4.79 Å². The van der Waals surface area contributed by atoms with Gasteiger partial charge in [-0.25, -0.2) is 9.67 Å². The van der Waals surface area contributed by atoms with E-state index >= 15 is 0 Å². The molecule has 6 heteroatoms. The SMILES string of the molecule is Cc1ccc2cc3c(NC(=O)c4ccccn4)nn(C)c3nc2c1. The molecule has 1 N–H and O–H groups in total. The van der Waals surface area contributed by atoms with Gasteiger partial charge in [0.15, 0.2) is 11.5 Å². The van der Waals surface area contributed by atoms with Gasteiger partial charge < -0.3 is 5.32 Å². The molecular weight excluding hydrogens is 302 g/mol. The number of nitrogens with zero attached hydrogens (tertiary/aromatic N) is 4. The Bertz CT molecular complexity index is 1070. The second-order valence-electron chi connectivity index (χ2n) is 5.70.